The molecule has 3 heteroatoms. The number of benzene rings is 1. The van der Waals surface area contributed by atoms with Crippen molar-refractivity contribution >= 4 is 5.91 Å². The quantitative estimate of drug-likeness (QED) is 0.829. The van der Waals surface area contributed by atoms with Crippen LogP contribution in [0.25, 0.3) is 11.3 Å². The zero-order valence-corrected chi connectivity index (χ0v) is 8.97. The van der Waals surface area contributed by atoms with Gasteiger partial charge in [-0.15, -0.1) is 0 Å². The fourth-order valence-electron chi connectivity index (χ4n) is 1.59. The molecular weight excluding hydrogens is 200 g/mol. The predicted molar refractivity (Wildman–Crippen MR) is 62.9 cm³/mol. The number of nitrogens with zero attached hydrogens (tertiary/aromatic N) is 1. The van der Waals surface area contributed by atoms with Crippen molar-refractivity contribution in [1.29, 1.82) is 0 Å². The van der Waals surface area contributed by atoms with Gasteiger partial charge in [0.05, 0.1) is 5.69 Å². The summed E-state index contributed by atoms with van der Waals surface area (Å²) in [5.74, 6) is -0.433. The van der Waals surface area contributed by atoms with Crippen LogP contribution >= 0.6 is 0 Å². The smallest absolute Gasteiger partial charge is 0.248 e. The molecule has 0 aliphatic carbocycles. The minimum Gasteiger partial charge on any atom is -0.366 e. The van der Waals surface area contributed by atoms with E-state index in [1.165, 1.54) is 0 Å². The van der Waals surface area contributed by atoms with Gasteiger partial charge in [-0.3, -0.25) is 9.78 Å². The van der Waals surface area contributed by atoms with E-state index >= 15 is 0 Å². The Balaban J connectivity index is 2.53. The molecule has 1 heterocycles. The summed E-state index contributed by atoms with van der Waals surface area (Å²) in [6, 6.07) is 11.2. The van der Waals surface area contributed by atoms with Crippen LogP contribution in [0.3, 0.4) is 0 Å². The lowest BCUT2D eigenvalue weighted by atomic mass is 10.0. The number of aromatic nitrogens is 1. The van der Waals surface area contributed by atoms with Crippen molar-refractivity contribution in [3.05, 3.63) is 53.7 Å². The number of aryl methyl sites for hydroxylation is 1. The second-order valence-corrected chi connectivity index (χ2v) is 3.61. The Hall–Kier alpha value is -2.16. The number of carbonyl (C=O) groups is 1. The molecule has 1 aromatic carbocycles. The SMILES string of the molecule is Cc1ccccc1-c1cc(C(N)=O)ccn1. The average molecular weight is 212 g/mol. The van der Waals surface area contributed by atoms with Gasteiger partial charge in [-0.25, -0.2) is 0 Å². The standard InChI is InChI=1S/C13H12N2O/c1-9-4-2-3-5-11(9)12-8-10(13(14)16)6-7-15-12/h2-8H,1H3,(H2,14,16). The average Bonchev–Trinajstić information content (AvgIpc) is 2.30. The topological polar surface area (TPSA) is 56.0 Å². The summed E-state index contributed by atoms with van der Waals surface area (Å²) in [4.78, 5) is 15.3. The van der Waals surface area contributed by atoms with Gasteiger partial charge >= 0.3 is 0 Å². The van der Waals surface area contributed by atoms with Crippen molar-refractivity contribution in [2.75, 3.05) is 0 Å². The lowest BCUT2D eigenvalue weighted by Gasteiger charge is -2.05. The second kappa shape index (κ2) is 4.14. The van der Waals surface area contributed by atoms with E-state index in [1.807, 2.05) is 31.2 Å². The second-order valence-electron chi connectivity index (χ2n) is 3.61. The Kier molecular flexibility index (Phi) is 2.68. The highest BCUT2D eigenvalue weighted by Crippen LogP contribution is 2.21. The molecule has 16 heavy (non-hydrogen) atoms. The molecule has 0 saturated heterocycles. The molecular formula is C13H12N2O. The van der Waals surface area contributed by atoms with Crippen LogP contribution in [0.5, 0.6) is 0 Å². The van der Waals surface area contributed by atoms with Gasteiger partial charge in [-0.1, -0.05) is 24.3 Å². The van der Waals surface area contributed by atoms with Crippen molar-refractivity contribution in [2.24, 2.45) is 5.73 Å². The molecule has 2 rings (SSSR count). The van der Waals surface area contributed by atoms with E-state index in [1.54, 1.807) is 18.3 Å². The zero-order chi connectivity index (χ0) is 11.5. The number of primary amides is 1. The van der Waals surface area contributed by atoms with E-state index < -0.39 is 5.91 Å². The van der Waals surface area contributed by atoms with E-state index in [0.717, 1.165) is 16.8 Å². The first kappa shape index (κ1) is 10.4. The number of hydrogen-bond donors (Lipinski definition) is 1. The number of amides is 1. The highest BCUT2D eigenvalue weighted by Gasteiger charge is 2.05. The van der Waals surface area contributed by atoms with E-state index in [-0.39, 0.29) is 0 Å². The molecule has 0 bridgehead atoms. The van der Waals surface area contributed by atoms with Crippen LogP contribution in [0.4, 0.5) is 0 Å². The molecule has 1 aromatic heterocycles. The Morgan fingerprint density at radius 2 is 2.00 bits per heavy atom. The third kappa shape index (κ3) is 1.93. The first-order valence-electron chi connectivity index (χ1n) is 5.00. The fraction of sp³-hybridized carbons (Fsp3) is 0.0769. The van der Waals surface area contributed by atoms with Gasteiger partial charge in [-0.05, 0) is 24.6 Å². The van der Waals surface area contributed by atoms with Crippen LogP contribution < -0.4 is 5.73 Å². The van der Waals surface area contributed by atoms with Gasteiger partial charge in [-0.2, -0.15) is 0 Å². The molecule has 80 valence electrons. The molecule has 0 radical (unpaired) electrons. The van der Waals surface area contributed by atoms with Crippen molar-refractivity contribution in [2.45, 2.75) is 6.92 Å². The maximum Gasteiger partial charge on any atom is 0.248 e. The molecule has 2 N–H and O–H groups in total. The molecule has 0 saturated carbocycles. The Labute approximate surface area is 93.9 Å². The van der Waals surface area contributed by atoms with Gasteiger partial charge in [0.2, 0.25) is 5.91 Å². The van der Waals surface area contributed by atoms with Crippen LogP contribution in [-0.4, -0.2) is 10.9 Å². The summed E-state index contributed by atoms with van der Waals surface area (Å²) in [7, 11) is 0. The summed E-state index contributed by atoms with van der Waals surface area (Å²) in [5.41, 5.74) is 8.63. The van der Waals surface area contributed by atoms with Gasteiger partial charge in [0, 0.05) is 17.3 Å². The van der Waals surface area contributed by atoms with E-state index in [0.29, 0.717) is 5.56 Å². The number of nitrogens with two attached hydrogens (primary N) is 1. The number of rotatable bonds is 2. The van der Waals surface area contributed by atoms with Crippen LogP contribution in [0, 0.1) is 6.92 Å². The van der Waals surface area contributed by atoms with Gasteiger partial charge < -0.3 is 5.73 Å². The van der Waals surface area contributed by atoms with Crippen LogP contribution in [0.1, 0.15) is 15.9 Å². The van der Waals surface area contributed by atoms with Crippen molar-refractivity contribution in [3.8, 4) is 11.3 Å². The van der Waals surface area contributed by atoms with Crippen molar-refractivity contribution in [3.63, 3.8) is 0 Å². The molecule has 0 fully saturated rings. The summed E-state index contributed by atoms with van der Waals surface area (Å²) >= 11 is 0. The van der Waals surface area contributed by atoms with Gasteiger partial charge in [0.1, 0.15) is 0 Å². The minimum absolute atomic E-state index is 0.433. The first-order valence-corrected chi connectivity index (χ1v) is 5.00. The molecule has 0 aliphatic heterocycles. The van der Waals surface area contributed by atoms with Crippen LogP contribution in [0.2, 0.25) is 0 Å². The fourth-order valence-corrected chi connectivity index (χ4v) is 1.59. The highest BCUT2D eigenvalue weighted by molar-refractivity contribution is 5.93. The number of carbonyl (C=O) groups excluding carboxylic acids is 1. The molecule has 0 spiro atoms. The summed E-state index contributed by atoms with van der Waals surface area (Å²) in [6.45, 7) is 2.01. The van der Waals surface area contributed by atoms with Crippen molar-refractivity contribution < 1.29 is 4.79 Å². The molecule has 3 nitrogen and oxygen atoms in total. The van der Waals surface area contributed by atoms with E-state index in [4.69, 9.17) is 5.73 Å². The lowest BCUT2D eigenvalue weighted by Crippen LogP contribution is -2.11. The maximum absolute atomic E-state index is 11.1. The number of pyridine rings is 1. The lowest BCUT2D eigenvalue weighted by molar-refractivity contribution is 0.1000. The maximum atomic E-state index is 11.1. The van der Waals surface area contributed by atoms with E-state index in [9.17, 15) is 4.79 Å². The third-order valence-corrected chi connectivity index (χ3v) is 2.47. The molecule has 0 atom stereocenters. The summed E-state index contributed by atoms with van der Waals surface area (Å²) in [6.07, 6.45) is 1.60. The summed E-state index contributed by atoms with van der Waals surface area (Å²) in [5, 5.41) is 0. The summed E-state index contributed by atoms with van der Waals surface area (Å²) < 4.78 is 0. The largest absolute Gasteiger partial charge is 0.366 e. The van der Waals surface area contributed by atoms with Gasteiger partial charge in [0.25, 0.3) is 0 Å². The van der Waals surface area contributed by atoms with Crippen LogP contribution in [-0.2, 0) is 0 Å². The molecule has 0 aliphatic rings. The minimum atomic E-state index is -0.433. The first-order chi connectivity index (χ1) is 7.68. The Bertz CT molecular complexity index is 535. The highest BCUT2D eigenvalue weighted by atomic mass is 16.1. The zero-order valence-electron chi connectivity index (χ0n) is 8.97. The van der Waals surface area contributed by atoms with Crippen LogP contribution in [0.15, 0.2) is 42.6 Å². The number of hydrogen-bond acceptors (Lipinski definition) is 2. The Morgan fingerprint density at radius 1 is 1.25 bits per heavy atom. The van der Waals surface area contributed by atoms with Gasteiger partial charge in [0.15, 0.2) is 0 Å². The Morgan fingerprint density at radius 3 is 2.69 bits per heavy atom. The monoisotopic (exact) mass is 212 g/mol. The van der Waals surface area contributed by atoms with Crippen molar-refractivity contribution in [1.82, 2.24) is 4.98 Å². The van der Waals surface area contributed by atoms with E-state index in [2.05, 4.69) is 4.98 Å². The molecule has 0 unspecified atom stereocenters. The third-order valence-electron chi connectivity index (χ3n) is 2.47. The molecule has 2 aromatic rings. The molecule has 1 amide bonds. The normalized spacial score (nSPS) is 10.1. The predicted octanol–water partition coefficient (Wildman–Crippen LogP) is 2.16.